The molecule has 166 valence electrons. The summed E-state index contributed by atoms with van der Waals surface area (Å²) in [4.78, 5) is 20.7. The van der Waals surface area contributed by atoms with Crippen molar-refractivity contribution in [2.24, 2.45) is 0 Å². The Labute approximate surface area is 175 Å². The first-order valence-corrected chi connectivity index (χ1v) is 11.4. The molecule has 1 fully saturated rings. The van der Waals surface area contributed by atoms with Crippen molar-refractivity contribution >= 4 is 20.9 Å². The maximum absolute atomic E-state index is 12.5. The largest absolute Gasteiger partial charge is 0.493 e. The number of hydrogen-bond donors (Lipinski definition) is 1. The first-order chi connectivity index (χ1) is 14.4. The molecular formula is C19H28N4O6S. The third kappa shape index (κ3) is 5.69. The quantitative estimate of drug-likeness (QED) is 0.561. The summed E-state index contributed by atoms with van der Waals surface area (Å²) < 4.78 is 42.6. The molecular weight excluding hydrogens is 412 g/mol. The Bertz CT molecular complexity index is 1000. The van der Waals surface area contributed by atoms with Crippen LogP contribution in [-0.2, 0) is 14.8 Å². The molecule has 1 aromatic heterocycles. The Balaban J connectivity index is 1.52. The van der Waals surface area contributed by atoms with Crippen LogP contribution in [0.4, 0.5) is 0 Å². The Morgan fingerprint density at radius 2 is 2.03 bits per heavy atom. The molecule has 30 heavy (non-hydrogen) atoms. The molecule has 2 heterocycles. The Hall–Kier alpha value is -2.21. The number of likely N-dealkylation sites (N-methyl/N-ethyl adjacent to an activating group) is 1. The molecule has 0 bridgehead atoms. The minimum atomic E-state index is -3.37. The van der Waals surface area contributed by atoms with E-state index in [1.54, 1.807) is 19.2 Å². The van der Waals surface area contributed by atoms with Gasteiger partial charge in [-0.25, -0.2) is 17.7 Å². The zero-order valence-corrected chi connectivity index (χ0v) is 18.1. The lowest BCUT2D eigenvalue weighted by molar-refractivity contribution is 0.0380. The van der Waals surface area contributed by atoms with Crippen molar-refractivity contribution in [1.82, 2.24) is 19.2 Å². The fourth-order valence-electron chi connectivity index (χ4n) is 3.22. The van der Waals surface area contributed by atoms with Gasteiger partial charge >= 0.3 is 0 Å². The number of rotatable bonds is 10. The average molecular weight is 441 g/mol. The first kappa shape index (κ1) is 22.5. The smallest absolute Gasteiger partial charge is 0.258 e. The number of morpholine rings is 1. The lowest BCUT2D eigenvalue weighted by atomic mass is 10.2. The minimum Gasteiger partial charge on any atom is -0.493 e. The third-order valence-corrected chi connectivity index (χ3v) is 6.98. The number of aromatic amines is 1. The highest BCUT2D eigenvalue weighted by Crippen LogP contribution is 2.30. The second-order valence-electron chi connectivity index (χ2n) is 7.05. The fourth-order valence-corrected chi connectivity index (χ4v) is 4.38. The van der Waals surface area contributed by atoms with E-state index in [4.69, 9.17) is 14.2 Å². The van der Waals surface area contributed by atoms with Crippen molar-refractivity contribution in [2.45, 2.75) is 6.42 Å². The number of H-pyrrole nitrogens is 1. The zero-order valence-electron chi connectivity index (χ0n) is 17.3. The molecule has 1 aliphatic rings. The van der Waals surface area contributed by atoms with Gasteiger partial charge in [-0.15, -0.1) is 0 Å². The van der Waals surface area contributed by atoms with Gasteiger partial charge in [0.15, 0.2) is 11.5 Å². The Morgan fingerprint density at radius 1 is 1.27 bits per heavy atom. The molecule has 0 saturated carbocycles. The van der Waals surface area contributed by atoms with Gasteiger partial charge in [0.1, 0.15) is 6.61 Å². The van der Waals surface area contributed by atoms with Crippen LogP contribution in [0.5, 0.6) is 11.5 Å². The van der Waals surface area contributed by atoms with Crippen LogP contribution in [0.2, 0.25) is 0 Å². The molecule has 0 spiro atoms. The first-order valence-electron chi connectivity index (χ1n) is 9.83. The molecule has 3 rings (SSSR count). The number of sulfonamides is 1. The maximum Gasteiger partial charge on any atom is 0.258 e. The number of fused-ring (bicyclic) bond motifs is 1. The van der Waals surface area contributed by atoms with E-state index in [1.165, 1.54) is 17.7 Å². The van der Waals surface area contributed by atoms with Crippen molar-refractivity contribution in [1.29, 1.82) is 0 Å². The van der Waals surface area contributed by atoms with E-state index in [-0.39, 0.29) is 24.5 Å². The number of ether oxygens (including phenoxy) is 3. The van der Waals surface area contributed by atoms with Gasteiger partial charge in [-0.3, -0.25) is 9.69 Å². The molecule has 1 saturated heterocycles. The average Bonchev–Trinajstić information content (AvgIpc) is 2.74. The van der Waals surface area contributed by atoms with Crippen LogP contribution in [-0.4, -0.2) is 93.5 Å². The molecule has 11 heteroatoms. The van der Waals surface area contributed by atoms with E-state index >= 15 is 0 Å². The van der Waals surface area contributed by atoms with E-state index in [1.807, 2.05) is 0 Å². The Kier molecular flexibility index (Phi) is 7.64. The summed E-state index contributed by atoms with van der Waals surface area (Å²) in [6.07, 6.45) is 1.89. The van der Waals surface area contributed by atoms with Crippen LogP contribution >= 0.6 is 0 Å². The van der Waals surface area contributed by atoms with Crippen LogP contribution < -0.4 is 15.0 Å². The van der Waals surface area contributed by atoms with Crippen LogP contribution in [0.1, 0.15) is 6.42 Å². The van der Waals surface area contributed by atoms with Crippen molar-refractivity contribution in [3.63, 3.8) is 0 Å². The summed E-state index contributed by atoms with van der Waals surface area (Å²) in [7, 11) is -0.342. The summed E-state index contributed by atoms with van der Waals surface area (Å²) >= 11 is 0. The molecule has 10 nitrogen and oxygen atoms in total. The molecule has 2 aromatic rings. The van der Waals surface area contributed by atoms with Crippen LogP contribution in [0.3, 0.4) is 0 Å². The molecule has 0 amide bonds. The summed E-state index contributed by atoms with van der Waals surface area (Å²) in [5, 5.41) is 0.390. The van der Waals surface area contributed by atoms with Crippen LogP contribution in [0.15, 0.2) is 23.3 Å². The molecule has 1 aliphatic heterocycles. The monoisotopic (exact) mass is 440 g/mol. The molecule has 0 atom stereocenters. The zero-order chi connectivity index (χ0) is 21.6. The van der Waals surface area contributed by atoms with Gasteiger partial charge in [0.05, 0.1) is 43.3 Å². The molecule has 0 aliphatic carbocycles. The van der Waals surface area contributed by atoms with E-state index in [0.717, 1.165) is 19.6 Å². The van der Waals surface area contributed by atoms with Gasteiger partial charge in [0, 0.05) is 32.7 Å². The summed E-state index contributed by atoms with van der Waals surface area (Å²) in [6.45, 7) is 4.18. The lowest BCUT2D eigenvalue weighted by Crippen LogP contribution is -2.38. The molecule has 1 N–H and O–H groups in total. The third-order valence-electron chi connectivity index (χ3n) is 5.04. The number of methoxy groups -OCH3 is 1. The van der Waals surface area contributed by atoms with E-state index in [9.17, 15) is 13.2 Å². The van der Waals surface area contributed by atoms with E-state index in [0.29, 0.717) is 42.0 Å². The van der Waals surface area contributed by atoms with Gasteiger partial charge in [-0.1, -0.05) is 0 Å². The number of aromatic nitrogens is 2. The highest BCUT2D eigenvalue weighted by Gasteiger charge is 2.19. The summed E-state index contributed by atoms with van der Waals surface area (Å²) in [5.41, 5.74) is 0.200. The highest BCUT2D eigenvalue weighted by molar-refractivity contribution is 7.89. The SMILES string of the molecule is COc1cc2c(=O)[nH]cnc2cc1OCCN(C)S(=O)(=O)CCCN1CCOCC1. The normalized spacial score (nSPS) is 15.6. The van der Waals surface area contributed by atoms with Gasteiger partial charge in [-0.05, 0) is 19.0 Å². The van der Waals surface area contributed by atoms with Crippen molar-refractivity contribution in [3.8, 4) is 11.5 Å². The van der Waals surface area contributed by atoms with Crippen LogP contribution in [0, 0.1) is 0 Å². The standard InChI is InChI=1S/C19H28N4O6S/c1-22(30(25,26)11-3-4-23-6-8-28-9-7-23)5-10-29-18-13-16-15(12-17(18)27-2)19(24)21-14-20-16/h12-14H,3-11H2,1-2H3,(H,20,21,24). The second kappa shape index (κ2) is 10.2. The molecule has 0 unspecified atom stereocenters. The van der Waals surface area contributed by atoms with Gasteiger partial charge in [0.25, 0.3) is 5.56 Å². The topological polar surface area (TPSA) is 114 Å². The minimum absolute atomic E-state index is 0.0901. The predicted octanol–water partition coefficient (Wildman–Crippen LogP) is 0.294. The number of benzene rings is 1. The Morgan fingerprint density at radius 3 is 2.77 bits per heavy atom. The fraction of sp³-hybridized carbons (Fsp3) is 0.579. The van der Waals surface area contributed by atoms with E-state index < -0.39 is 10.0 Å². The van der Waals surface area contributed by atoms with Crippen molar-refractivity contribution in [3.05, 3.63) is 28.8 Å². The predicted molar refractivity (Wildman–Crippen MR) is 113 cm³/mol. The lowest BCUT2D eigenvalue weighted by Gasteiger charge is -2.26. The summed E-state index contributed by atoms with van der Waals surface area (Å²) in [5.74, 6) is 0.880. The van der Waals surface area contributed by atoms with Gasteiger partial charge < -0.3 is 19.2 Å². The van der Waals surface area contributed by atoms with Crippen LogP contribution in [0.25, 0.3) is 10.9 Å². The summed E-state index contributed by atoms with van der Waals surface area (Å²) in [6, 6.07) is 3.17. The van der Waals surface area contributed by atoms with Gasteiger partial charge in [0.2, 0.25) is 10.0 Å². The highest BCUT2D eigenvalue weighted by atomic mass is 32.2. The van der Waals surface area contributed by atoms with Gasteiger partial charge in [-0.2, -0.15) is 0 Å². The van der Waals surface area contributed by atoms with E-state index in [2.05, 4.69) is 14.9 Å². The molecule has 0 radical (unpaired) electrons. The van der Waals surface area contributed by atoms with Crippen molar-refractivity contribution in [2.75, 3.05) is 65.9 Å². The second-order valence-corrected chi connectivity index (χ2v) is 9.24. The number of nitrogens with zero attached hydrogens (tertiary/aromatic N) is 3. The van der Waals surface area contributed by atoms with Crippen molar-refractivity contribution < 1.29 is 22.6 Å². The number of hydrogen-bond acceptors (Lipinski definition) is 8. The maximum atomic E-state index is 12.5. The molecule has 1 aromatic carbocycles. The number of nitrogens with one attached hydrogen (secondary N) is 1.